The quantitative estimate of drug-likeness (QED) is 0.567. The topological polar surface area (TPSA) is 73.5 Å². The van der Waals surface area contributed by atoms with Gasteiger partial charge in [0.05, 0.1) is 5.92 Å². The summed E-state index contributed by atoms with van der Waals surface area (Å²) >= 11 is 0. The molecule has 1 fully saturated rings. The highest BCUT2D eigenvalue weighted by Crippen LogP contribution is 2.15. The normalized spacial score (nSPS) is 23.2. The zero-order valence-corrected chi connectivity index (χ0v) is 10.7. The SMILES string of the molecule is CC1CNCC1C(=O)NCCNC(=O)N(C)C. The number of carbonyl (C=O) groups excluding carboxylic acids is 2. The number of rotatable bonds is 4. The maximum Gasteiger partial charge on any atom is 0.316 e. The predicted octanol–water partition coefficient (Wildman–Crippen LogP) is -0.771. The molecule has 6 heteroatoms. The van der Waals surface area contributed by atoms with E-state index < -0.39 is 0 Å². The Labute approximate surface area is 102 Å². The highest BCUT2D eigenvalue weighted by atomic mass is 16.2. The molecule has 17 heavy (non-hydrogen) atoms. The molecule has 0 aromatic carbocycles. The number of urea groups is 1. The predicted molar refractivity (Wildman–Crippen MR) is 65.6 cm³/mol. The van der Waals surface area contributed by atoms with Crippen molar-refractivity contribution in [1.29, 1.82) is 0 Å². The minimum atomic E-state index is -0.143. The van der Waals surface area contributed by atoms with E-state index in [0.717, 1.165) is 13.1 Å². The molecule has 1 rings (SSSR count). The van der Waals surface area contributed by atoms with Crippen molar-refractivity contribution >= 4 is 11.9 Å². The lowest BCUT2D eigenvalue weighted by atomic mass is 9.97. The minimum Gasteiger partial charge on any atom is -0.354 e. The van der Waals surface area contributed by atoms with Crippen molar-refractivity contribution in [3.05, 3.63) is 0 Å². The van der Waals surface area contributed by atoms with E-state index in [-0.39, 0.29) is 17.9 Å². The van der Waals surface area contributed by atoms with Crippen LogP contribution in [-0.4, -0.2) is 57.1 Å². The van der Waals surface area contributed by atoms with Gasteiger partial charge in [-0.3, -0.25) is 4.79 Å². The third kappa shape index (κ3) is 4.22. The molecule has 0 radical (unpaired) electrons. The average Bonchev–Trinajstić information content (AvgIpc) is 2.70. The van der Waals surface area contributed by atoms with E-state index >= 15 is 0 Å². The van der Waals surface area contributed by atoms with Gasteiger partial charge < -0.3 is 20.9 Å². The summed E-state index contributed by atoms with van der Waals surface area (Å²) < 4.78 is 0. The van der Waals surface area contributed by atoms with E-state index in [1.165, 1.54) is 4.90 Å². The lowest BCUT2D eigenvalue weighted by Gasteiger charge is -2.15. The molecule has 98 valence electrons. The van der Waals surface area contributed by atoms with Crippen LogP contribution in [0.15, 0.2) is 0 Å². The summed E-state index contributed by atoms with van der Waals surface area (Å²) in [6, 6.07) is -0.143. The van der Waals surface area contributed by atoms with Gasteiger partial charge in [0.25, 0.3) is 0 Å². The molecule has 6 nitrogen and oxygen atoms in total. The van der Waals surface area contributed by atoms with Gasteiger partial charge in [-0.2, -0.15) is 0 Å². The van der Waals surface area contributed by atoms with Crippen LogP contribution in [0, 0.1) is 11.8 Å². The van der Waals surface area contributed by atoms with Gasteiger partial charge in [0.2, 0.25) is 5.91 Å². The van der Waals surface area contributed by atoms with Crippen LogP contribution in [-0.2, 0) is 4.79 Å². The lowest BCUT2D eigenvalue weighted by Crippen LogP contribution is -2.41. The monoisotopic (exact) mass is 242 g/mol. The lowest BCUT2D eigenvalue weighted by molar-refractivity contribution is -0.125. The Bertz CT molecular complexity index is 281. The maximum atomic E-state index is 11.8. The van der Waals surface area contributed by atoms with Gasteiger partial charge >= 0.3 is 6.03 Å². The molecule has 0 spiro atoms. The number of nitrogens with zero attached hydrogens (tertiary/aromatic N) is 1. The highest BCUT2D eigenvalue weighted by Gasteiger charge is 2.28. The first-order valence-corrected chi connectivity index (χ1v) is 5.96. The van der Waals surface area contributed by atoms with Gasteiger partial charge in [0.15, 0.2) is 0 Å². The molecule has 0 aromatic heterocycles. The molecule has 2 atom stereocenters. The van der Waals surface area contributed by atoms with Crippen LogP contribution in [0.5, 0.6) is 0 Å². The van der Waals surface area contributed by atoms with Crippen molar-refractivity contribution in [2.75, 3.05) is 40.3 Å². The van der Waals surface area contributed by atoms with Crippen LogP contribution in [0.3, 0.4) is 0 Å². The van der Waals surface area contributed by atoms with Gasteiger partial charge in [0, 0.05) is 33.7 Å². The molecular formula is C11H22N4O2. The van der Waals surface area contributed by atoms with Crippen LogP contribution in [0.25, 0.3) is 0 Å². The Kier molecular flexibility index (Phi) is 5.21. The zero-order valence-electron chi connectivity index (χ0n) is 10.7. The summed E-state index contributed by atoms with van der Waals surface area (Å²) in [6.45, 7) is 4.64. The van der Waals surface area contributed by atoms with E-state index in [1.807, 2.05) is 0 Å². The summed E-state index contributed by atoms with van der Waals surface area (Å²) in [5, 5.41) is 8.72. The molecule has 3 N–H and O–H groups in total. The standard InChI is InChI=1S/C11H22N4O2/c1-8-6-12-7-9(8)10(16)13-4-5-14-11(17)15(2)3/h8-9,12H,4-7H2,1-3H3,(H,13,16)(H,14,17). The van der Waals surface area contributed by atoms with E-state index in [0.29, 0.717) is 19.0 Å². The molecule has 0 aliphatic carbocycles. The molecule has 1 heterocycles. The van der Waals surface area contributed by atoms with Crippen LogP contribution >= 0.6 is 0 Å². The number of nitrogens with one attached hydrogen (secondary N) is 3. The van der Waals surface area contributed by atoms with Crippen molar-refractivity contribution in [1.82, 2.24) is 20.9 Å². The average molecular weight is 242 g/mol. The summed E-state index contributed by atoms with van der Waals surface area (Å²) in [5.41, 5.74) is 0. The molecule has 0 aromatic rings. The van der Waals surface area contributed by atoms with Crippen molar-refractivity contribution in [3.8, 4) is 0 Å². The van der Waals surface area contributed by atoms with Crippen molar-refractivity contribution in [2.24, 2.45) is 11.8 Å². The number of amides is 3. The maximum absolute atomic E-state index is 11.8. The molecule has 0 saturated carbocycles. The van der Waals surface area contributed by atoms with Crippen molar-refractivity contribution in [2.45, 2.75) is 6.92 Å². The minimum absolute atomic E-state index is 0.0551. The first-order valence-electron chi connectivity index (χ1n) is 5.96. The summed E-state index contributed by atoms with van der Waals surface area (Å²) in [5.74, 6) is 0.507. The van der Waals surface area contributed by atoms with Crippen LogP contribution in [0.1, 0.15) is 6.92 Å². The molecule has 1 aliphatic rings. The second kappa shape index (κ2) is 6.44. The second-order valence-electron chi connectivity index (χ2n) is 4.66. The summed E-state index contributed by atoms with van der Waals surface area (Å²) in [4.78, 5) is 24.4. The smallest absolute Gasteiger partial charge is 0.316 e. The Balaban J connectivity index is 2.14. The third-order valence-electron chi connectivity index (χ3n) is 2.96. The largest absolute Gasteiger partial charge is 0.354 e. The molecule has 3 amide bonds. The van der Waals surface area contributed by atoms with Crippen LogP contribution in [0.2, 0.25) is 0 Å². The Morgan fingerprint density at radius 1 is 1.24 bits per heavy atom. The Morgan fingerprint density at radius 3 is 2.41 bits per heavy atom. The fourth-order valence-electron chi connectivity index (χ4n) is 1.81. The summed E-state index contributed by atoms with van der Waals surface area (Å²) in [7, 11) is 3.36. The Morgan fingerprint density at radius 2 is 1.88 bits per heavy atom. The third-order valence-corrected chi connectivity index (χ3v) is 2.96. The van der Waals surface area contributed by atoms with Crippen molar-refractivity contribution < 1.29 is 9.59 Å². The Hall–Kier alpha value is -1.30. The summed E-state index contributed by atoms with van der Waals surface area (Å²) in [6.07, 6.45) is 0. The first-order chi connectivity index (χ1) is 8.02. The van der Waals surface area contributed by atoms with E-state index in [4.69, 9.17) is 0 Å². The van der Waals surface area contributed by atoms with Crippen molar-refractivity contribution in [3.63, 3.8) is 0 Å². The fourth-order valence-corrected chi connectivity index (χ4v) is 1.81. The molecule has 1 saturated heterocycles. The fraction of sp³-hybridized carbons (Fsp3) is 0.818. The molecule has 1 aliphatic heterocycles. The number of hydrogen-bond acceptors (Lipinski definition) is 3. The van der Waals surface area contributed by atoms with Crippen LogP contribution < -0.4 is 16.0 Å². The van der Waals surface area contributed by atoms with Gasteiger partial charge in [-0.1, -0.05) is 6.92 Å². The van der Waals surface area contributed by atoms with Gasteiger partial charge in [-0.05, 0) is 12.5 Å². The van der Waals surface area contributed by atoms with Gasteiger partial charge in [-0.15, -0.1) is 0 Å². The molecule has 2 unspecified atom stereocenters. The molecule has 0 bridgehead atoms. The van der Waals surface area contributed by atoms with Gasteiger partial charge in [0.1, 0.15) is 0 Å². The number of carbonyl (C=O) groups is 2. The molecular weight excluding hydrogens is 220 g/mol. The van der Waals surface area contributed by atoms with Gasteiger partial charge in [-0.25, -0.2) is 4.79 Å². The first kappa shape index (κ1) is 13.8. The second-order valence-corrected chi connectivity index (χ2v) is 4.66. The van der Waals surface area contributed by atoms with E-state index in [9.17, 15) is 9.59 Å². The van der Waals surface area contributed by atoms with E-state index in [1.54, 1.807) is 14.1 Å². The number of hydrogen-bond donors (Lipinski definition) is 3. The van der Waals surface area contributed by atoms with Crippen LogP contribution in [0.4, 0.5) is 4.79 Å². The highest BCUT2D eigenvalue weighted by molar-refractivity contribution is 5.79. The zero-order chi connectivity index (χ0) is 12.8. The van der Waals surface area contributed by atoms with E-state index in [2.05, 4.69) is 22.9 Å².